The summed E-state index contributed by atoms with van der Waals surface area (Å²) in [4.78, 5) is 17.9. The van der Waals surface area contributed by atoms with Gasteiger partial charge in [-0.2, -0.15) is 5.10 Å². The van der Waals surface area contributed by atoms with Gasteiger partial charge < -0.3 is 5.32 Å². The molecule has 0 unspecified atom stereocenters. The van der Waals surface area contributed by atoms with E-state index in [2.05, 4.69) is 29.2 Å². The first-order chi connectivity index (χ1) is 10.0. The van der Waals surface area contributed by atoms with Crippen LogP contribution in [0, 0.1) is 20.8 Å². The number of hydrogen-bond acceptors (Lipinski definition) is 4. The average Bonchev–Trinajstić information content (AvgIpc) is 3.00. The maximum absolute atomic E-state index is 12.1. The summed E-state index contributed by atoms with van der Waals surface area (Å²) in [5, 5.41) is 8.26. The van der Waals surface area contributed by atoms with Crippen LogP contribution in [0.25, 0.3) is 0 Å². The summed E-state index contributed by atoms with van der Waals surface area (Å²) in [6.45, 7) is 8.72. The molecule has 0 aliphatic heterocycles. The van der Waals surface area contributed by atoms with Crippen LogP contribution in [0.5, 0.6) is 0 Å². The van der Waals surface area contributed by atoms with E-state index in [9.17, 15) is 4.79 Å². The molecule has 1 amide bonds. The minimum absolute atomic E-state index is 0.00798. The minimum atomic E-state index is 0.00798. The first-order valence-corrected chi connectivity index (χ1v) is 8.04. The summed E-state index contributed by atoms with van der Waals surface area (Å²) in [7, 11) is 0. The Hall–Kier alpha value is -1.69. The van der Waals surface area contributed by atoms with E-state index in [1.807, 2.05) is 24.6 Å². The predicted molar refractivity (Wildman–Crippen MR) is 84.3 cm³/mol. The predicted octanol–water partition coefficient (Wildman–Crippen LogP) is 2.92. The van der Waals surface area contributed by atoms with E-state index in [0.717, 1.165) is 22.8 Å². The first kappa shape index (κ1) is 15.7. The van der Waals surface area contributed by atoms with E-state index < -0.39 is 0 Å². The Bertz CT molecular complexity index is 597. The van der Waals surface area contributed by atoms with Gasteiger partial charge in [0.25, 0.3) is 0 Å². The van der Waals surface area contributed by atoms with E-state index in [1.165, 1.54) is 4.88 Å². The van der Waals surface area contributed by atoms with Gasteiger partial charge in [0, 0.05) is 29.7 Å². The number of carbonyl (C=O) groups is 1. The molecule has 0 fully saturated rings. The van der Waals surface area contributed by atoms with Crippen LogP contribution in [0.4, 0.5) is 0 Å². The van der Waals surface area contributed by atoms with Crippen LogP contribution in [0.1, 0.15) is 47.1 Å². The summed E-state index contributed by atoms with van der Waals surface area (Å²) in [5.74, 6) is 0.0438. The lowest BCUT2D eigenvalue weighted by Crippen LogP contribution is -2.29. The maximum atomic E-state index is 12.1. The number of thiazole rings is 1. The number of nitrogens with zero attached hydrogens (tertiary/aromatic N) is 3. The van der Waals surface area contributed by atoms with Crippen LogP contribution < -0.4 is 5.32 Å². The lowest BCUT2D eigenvalue weighted by Gasteiger charge is -2.14. The maximum Gasteiger partial charge on any atom is 0.222 e. The van der Waals surface area contributed by atoms with Crippen LogP contribution in [-0.2, 0) is 11.3 Å². The molecule has 6 heteroatoms. The Morgan fingerprint density at radius 3 is 2.71 bits per heavy atom. The summed E-state index contributed by atoms with van der Waals surface area (Å²) in [6.07, 6.45) is 3.03. The molecule has 2 aromatic rings. The van der Waals surface area contributed by atoms with Gasteiger partial charge in [0.2, 0.25) is 5.91 Å². The van der Waals surface area contributed by atoms with Crippen LogP contribution in [0.15, 0.2) is 12.3 Å². The number of hydrogen-bond donors (Lipinski definition) is 1. The molecule has 2 rings (SSSR count). The standard InChI is InChI=1S/C15H22N4OS/c1-5-13(15-17-11(3)12(4)21-15)18-14(20)7-9-19-10(2)6-8-16-19/h6,8,13H,5,7,9H2,1-4H3,(H,18,20)/t13-/m1/s1. The van der Waals surface area contributed by atoms with Gasteiger partial charge in [-0.3, -0.25) is 9.48 Å². The molecule has 0 aliphatic rings. The smallest absolute Gasteiger partial charge is 0.222 e. The molecule has 0 aromatic carbocycles. The molecule has 0 bridgehead atoms. The van der Waals surface area contributed by atoms with Gasteiger partial charge in [-0.25, -0.2) is 4.98 Å². The van der Waals surface area contributed by atoms with Crippen molar-refractivity contribution in [1.82, 2.24) is 20.1 Å². The highest BCUT2D eigenvalue weighted by molar-refractivity contribution is 7.11. The van der Waals surface area contributed by atoms with E-state index >= 15 is 0 Å². The molecule has 1 atom stereocenters. The first-order valence-electron chi connectivity index (χ1n) is 7.23. The van der Waals surface area contributed by atoms with Gasteiger partial charge in [-0.05, 0) is 33.3 Å². The molecular formula is C15H22N4OS. The average molecular weight is 306 g/mol. The summed E-state index contributed by atoms with van der Waals surface area (Å²) in [5.41, 5.74) is 2.12. The van der Waals surface area contributed by atoms with Gasteiger partial charge in [0.15, 0.2) is 0 Å². The van der Waals surface area contributed by atoms with Gasteiger partial charge in [0.05, 0.1) is 11.7 Å². The molecule has 114 valence electrons. The van der Waals surface area contributed by atoms with Gasteiger partial charge in [0.1, 0.15) is 5.01 Å². The zero-order valence-electron chi connectivity index (χ0n) is 13.0. The molecule has 2 heterocycles. The van der Waals surface area contributed by atoms with Gasteiger partial charge in [-0.1, -0.05) is 6.92 Å². The van der Waals surface area contributed by atoms with Gasteiger partial charge in [-0.15, -0.1) is 11.3 Å². The van der Waals surface area contributed by atoms with Crippen molar-refractivity contribution in [2.45, 2.75) is 53.1 Å². The Morgan fingerprint density at radius 2 is 2.19 bits per heavy atom. The molecule has 0 aliphatic carbocycles. The molecule has 2 aromatic heterocycles. The van der Waals surface area contributed by atoms with Crippen LogP contribution in [0.2, 0.25) is 0 Å². The summed E-state index contributed by atoms with van der Waals surface area (Å²) < 4.78 is 1.85. The van der Waals surface area contributed by atoms with Crippen molar-refractivity contribution in [3.63, 3.8) is 0 Å². The van der Waals surface area contributed by atoms with Crippen LogP contribution in [0.3, 0.4) is 0 Å². The lowest BCUT2D eigenvalue weighted by molar-refractivity contribution is -0.122. The van der Waals surface area contributed by atoms with E-state index in [0.29, 0.717) is 13.0 Å². The second-order valence-corrected chi connectivity index (χ2v) is 6.40. The van der Waals surface area contributed by atoms with Crippen molar-refractivity contribution >= 4 is 17.2 Å². The molecule has 0 saturated heterocycles. The van der Waals surface area contributed by atoms with E-state index in [-0.39, 0.29) is 11.9 Å². The summed E-state index contributed by atoms with van der Waals surface area (Å²) in [6, 6.07) is 1.95. The van der Waals surface area contributed by atoms with Crippen LogP contribution >= 0.6 is 11.3 Å². The molecular weight excluding hydrogens is 284 g/mol. The minimum Gasteiger partial charge on any atom is -0.347 e. The van der Waals surface area contributed by atoms with Crippen molar-refractivity contribution in [2.75, 3.05) is 0 Å². The highest BCUT2D eigenvalue weighted by atomic mass is 32.1. The summed E-state index contributed by atoms with van der Waals surface area (Å²) >= 11 is 1.66. The second kappa shape index (κ2) is 6.85. The van der Waals surface area contributed by atoms with Crippen LogP contribution in [-0.4, -0.2) is 20.7 Å². The Morgan fingerprint density at radius 1 is 1.43 bits per heavy atom. The van der Waals surface area contributed by atoms with Crippen molar-refractivity contribution in [3.05, 3.63) is 33.5 Å². The monoisotopic (exact) mass is 306 g/mol. The van der Waals surface area contributed by atoms with E-state index in [1.54, 1.807) is 17.5 Å². The number of amides is 1. The van der Waals surface area contributed by atoms with Gasteiger partial charge >= 0.3 is 0 Å². The molecule has 1 N–H and O–H groups in total. The molecule has 5 nitrogen and oxygen atoms in total. The molecule has 21 heavy (non-hydrogen) atoms. The highest BCUT2D eigenvalue weighted by Crippen LogP contribution is 2.24. The topological polar surface area (TPSA) is 59.8 Å². The normalized spacial score (nSPS) is 12.4. The number of carbonyl (C=O) groups excluding carboxylic acids is 1. The fraction of sp³-hybridized carbons (Fsp3) is 0.533. The third kappa shape index (κ3) is 3.91. The Labute approximate surface area is 129 Å². The molecule has 0 spiro atoms. The third-order valence-corrected chi connectivity index (χ3v) is 4.75. The van der Waals surface area contributed by atoms with Crippen molar-refractivity contribution in [2.24, 2.45) is 0 Å². The number of aryl methyl sites for hydroxylation is 4. The fourth-order valence-corrected chi connectivity index (χ4v) is 3.15. The van der Waals surface area contributed by atoms with Crippen molar-refractivity contribution in [1.29, 1.82) is 0 Å². The third-order valence-electron chi connectivity index (χ3n) is 3.57. The van der Waals surface area contributed by atoms with E-state index in [4.69, 9.17) is 0 Å². The zero-order valence-corrected chi connectivity index (χ0v) is 13.8. The second-order valence-electron chi connectivity index (χ2n) is 5.17. The Kier molecular flexibility index (Phi) is 5.12. The van der Waals surface area contributed by atoms with Crippen molar-refractivity contribution < 1.29 is 4.79 Å². The largest absolute Gasteiger partial charge is 0.347 e. The quantitative estimate of drug-likeness (QED) is 0.892. The lowest BCUT2D eigenvalue weighted by atomic mass is 10.2. The zero-order chi connectivity index (χ0) is 15.4. The number of rotatable bonds is 6. The fourth-order valence-electron chi connectivity index (χ4n) is 2.09. The highest BCUT2D eigenvalue weighted by Gasteiger charge is 2.17. The Balaban J connectivity index is 1.92. The number of nitrogens with one attached hydrogen (secondary N) is 1. The molecule has 0 saturated carbocycles. The molecule has 0 radical (unpaired) electrons. The SMILES string of the molecule is CC[C@@H](NC(=O)CCn1nccc1C)c1nc(C)c(C)s1. The number of aromatic nitrogens is 3. The van der Waals surface area contributed by atoms with Crippen molar-refractivity contribution in [3.8, 4) is 0 Å².